The molecule has 0 aliphatic carbocycles. The van der Waals surface area contributed by atoms with E-state index in [4.69, 9.17) is 0 Å². The quantitative estimate of drug-likeness (QED) is 0.462. The summed E-state index contributed by atoms with van der Waals surface area (Å²) < 4.78 is 39.1. The van der Waals surface area contributed by atoms with E-state index in [0.29, 0.717) is 10.4 Å². The van der Waals surface area contributed by atoms with Crippen molar-refractivity contribution >= 4 is 45.7 Å². The van der Waals surface area contributed by atoms with Gasteiger partial charge in [0.2, 0.25) is 0 Å². The summed E-state index contributed by atoms with van der Waals surface area (Å²) >= 11 is 1.20. The summed E-state index contributed by atoms with van der Waals surface area (Å²) in [5.41, 5.74) is 3.75. The molecule has 4 aromatic rings. The molecule has 12 heteroatoms. The Morgan fingerprint density at radius 1 is 1.09 bits per heavy atom. The molecule has 0 bridgehead atoms. The molecule has 164 valence electrons. The van der Waals surface area contributed by atoms with Gasteiger partial charge in [0, 0.05) is 16.8 Å². The summed E-state index contributed by atoms with van der Waals surface area (Å²) in [6.07, 6.45) is -5.21. The zero-order chi connectivity index (χ0) is 22.9. The molecule has 0 saturated heterocycles. The molecule has 32 heavy (non-hydrogen) atoms. The molecule has 4 rings (SSSR count). The third-order valence-electron chi connectivity index (χ3n) is 4.21. The number of halogens is 3. The van der Waals surface area contributed by atoms with Gasteiger partial charge >= 0.3 is 18.2 Å². The number of nitrogens with one attached hydrogen (secondary N) is 2. The Labute approximate surface area is 182 Å². The monoisotopic (exact) mass is 461 g/mol. The minimum Gasteiger partial charge on any atom is -0.326 e. The summed E-state index contributed by atoms with van der Waals surface area (Å²) in [6.45, 7) is 1.88. The predicted octanol–water partition coefficient (Wildman–Crippen LogP) is 4.63. The zero-order valence-corrected chi connectivity index (χ0v) is 17.1. The zero-order valence-electron chi connectivity index (χ0n) is 16.3. The lowest BCUT2D eigenvalue weighted by atomic mass is 10.2. The van der Waals surface area contributed by atoms with Crippen LogP contribution in [0.4, 0.5) is 29.3 Å². The fourth-order valence-electron chi connectivity index (χ4n) is 2.86. The van der Waals surface area contributed by atoms with Crippen molar-refractivity contribution in [3.8, 4) is 11.5 Å². The van der Waals surface area contributed by atoms with Crippen molar-refractivity contribution in [3.05, 3.63) is 58.9 Å². The molecule has 2 N–H and O–H groups in total. The highest BCUT2D eigenvalue weighted by molar-refractivity contribution is 7.07. The van der Waals surface area contributed by atoms with Crippen LogP contribution in [0.2, 0.25) is 0 Å². The van der Waals surface area contributed by atoms with Crippen LogP contribution in [0.25, 0.3) is 22.6 Å². The van der Waals surface area contributed by atoms with E-state index in [2.05, 4.69) is 25.4 Å². The highest BCUT2D eigenvalue weighted by Crippen LogP contribution is 2.27. The lowest BCUT2D eigenvalue weighted by Crippen LogP contribution is -2.33. The number of carbonyl (C=O) groups excluding carboxylic acids is 2. The van der Waals surface area contributed by atoms with E-state index in [1.54, 1.807) is 23.6 Å². The third kappa shape index (κ3) is 4.54. The number of alkyl halides is 3. The molecule has 0 radical (unpaired) electrons. The number of aryl methyl sites for hydroxylation is 1. The third-order valence-corrected chi connectivity index (χ3v) is 4.80. The first-order chi connectivity index (χ1) is 15.2. The van der Waals surface area contributed by atoms with Crippen molar-refractivity contribution in [2.24, 2.45) is 0 Å². The lowest BCUT2D eigenvalue weighted by Gasteiger charge is -2.11. The number of fused-ring (bicyclic) bond motifs is 1. The van der Waals surface area contributed by atoms with Gasteiger partial charge in [-0.25, -0.2) is 19.6 Å². The van der Waals surface area contributed by atoms with Gasteiger partial charge in [0.25, 0.3) is 0 Å². The molecule has 0 aliphatic rings. The first-order valence-electron chi connectivity index (χ1n) is 9.06. The van der Waals surface area contributed by atoms with Gasteiger partial charge in [0.1, 0.15) is 11.2 Å². The Bertz CT molecular complexity index is 1300. The molecule has 0 saturated carbocycles. The number of nitrogens with zero attached hydrogens (tertiary/aromatic N) is 3. The van der Waals surface area contributed by atoms with Gasteiger partial charge in [0.15, 0.2) is 5.82 Å². The maximum Gasteiger partial charge on any atom is 0.493 e. The highest BCUT2D eigenvalue weighted by Gasteiger charge is 2.42. The predicted molar refractivity (Wildman–Crippen MR) is 112 cm³/mol. The van der Waals surface area contributed by atoms with Crippen LogP contribution in [0.15, 0.2) is 53.4 Å². The van der Waals surface area contributed by atoms with E-state index in [-0.39, 0.29) is 28.2 Å². The number of thiazole rings is 1. The Morgan fingerprint density at radius 3 is 2.50 bits per heavy atom. The standard InChI is InChI=1S/C20H14F3N5O3S/c1-11-3-2-4-12(7-11)25-19(30)26-13-5-6-14-16(8-13)28(31-18(29)20(21,22)23)17(27-14)15-9-32-10-24-15/h2-10H,1H3,(H2,25,26,30). The number of amides is 2. The van der Waals surface area contributed by atoms with Gasteiger partial charge in [0.05, 0.1) is 11.0 Å². The van der Waals surface area contributed by atoms with E-state index < -0.39 is 18.2 Å². The summed E-state index contributed by atoms with van der Waals surface area (Å²) in [5, 5.41) is 6.80. The average molecular weight is 461 g/mol. The number of hydrogen-bond acceptors (Lipinski definition) is 6. The Hall–Kier alpha value is -3.93. The van der Waals surface area contributed by atoms with Crippen LogP contribution in [0.3, 0.4) is 0 Å². The number of hydrogen-bond donors (Lipinski definition) is 2. The van der Waals surface area contributed by atoms with Crippen molar-refractivity contribution in [2.75, 3.05) is 10.6 Å². The number of anilines is 2. The summed E-state index contributed by atoms with van der Waals surface area (Å²) in [4.78, 5) is 36.6. The first kappa shape index (κ1) is 21.3. The number of imidazole rings is 1. The van der Waals surface area contributed by atoms with Crippen LogP contribution < -0.4 is 15.5 Å². The molecule has 2 aromatic heterocycles. The maximum absolute atomic E-state index is 12.8. The van der Waals surface area contributed by atoms with Crippen LogP contribution in [-0.4, -0.2) is 32.9 Å². The molecule has 0 unspecified atom stereocenters. The highest BCUT2D eigenvalue weighted by atomic mass is 32.1. The lowest BCUT2D eigenvalue weighted by molar-refractivity contribution is -0.199. The summed E-state index contributed by atoms with van der Waals surface area (Å²) in [7, 11) is 0. The molecule has 0 spiro atoms. The number of carbonyl (C=O) groups is 2. The van der Waals surface area contributed by atoms with E-state index >= 15 is 0 Å². The van der Waals surface area contributed by atoms with Crippen LogP contribution in [0.5, 0.6) is 0 Å². The second-order valence-electron chi connectivity index (χ2n) is 6.63. The molecule has 8 nitrogen and oxygen atoms in total. The van der Waals surface area contributed by atoms with Gasteiger partial charge in [-0.15, -0.1) is 11.3 Å². The molecule has 0 fully saturated rings. The van der Waals surface area contributed by atoms with Crippen molar-refractivity contribution in [2.45, 2.75) is 13.1 Å². The fourth-order valence-corrected chi connectivity index (χ4v) is 3.39. The molecule has 2 aromatic carbocycles. The number of urea groups is 1. The van der Waals surface area contributed by atoms with Gasteiger partial charge in [-0.05, 0) is 42.8 Å². The van der Waals surface area contributed by atoms with Crippen LogP contribution >= 0.6 is 11.3 Å². The minimum atomic E-state index is -5.21. The van der Waals surface area contributed by atoms with Gasteiger partial charge < -0.3 is 15.5 Å². The van der Waals surface area contributed by atoms with Crippen molar-refractivity contribution in [1.82, 2.24) is 14.7 Å². The second-order valence-corrected chi connectivity index (χ2v) is 7.35. The van der Waals surface area contributed by atoms with Gasteiger partial charge in [-0.1, -0.05) is 12.1 Å². The molecule has 0 aliphatic heterocycles. The maximum atomic E-state index is 12.8. The number of rotatable bonds is 4. The topological polar surface area (TPSA) is 98.1 Å². The molecule has 2 heterocycles. The normalized spacial score (nSPS) is 11.4. The smallest absolute Gasteiger partial charge is 0.326 e. The summed E-state index contributed by atoms with van der Waals surface area (Å²) in [6, 6.07) is 10.9. The van der Waals surface area contributed by atoms with Crippen LogP contribution in [0, 0.1) is 6.92 Å². The van der Waals surface area contributed by atoms with E-state index in [1.165, 1.54) is 35.0 Å². The Balaban J connectivity index is 1.67. The first-order valence-corrected chi connectivity index (χ1v) is 10.0. The fraction of sp³-hybridized carbons (Fsp3) is 0.100. The summed E-state index contributed by atoms with van der Waals surface area (Å²) in [5.74, 6) is -2.50. The SMILES string of the molecule is Cc1cccc(NC(=O)Nc2ccc3nc(-c4cscn4)n(OC(=O)C(F)(F)F)c3c2)c1. The second kappa shape index (κ2) is 8.30. The molecular weight excluding hydrogens is 447 g/mol. The average Bonchev–Trinajstić information content (AvgIpc) is 3.35. The van der Waals surface area contributed by atoms with Crippen molar-refractivity contribution < 1.29 is 27.6 Å². The molecular formula is C20H14F3N5O3S. The van der Waals surface area contributed by atoms with E-state index in [1.807, 2.05) is 13.0 Å². The molecule has 0 atom stereocenters. The Kier molecular flexibility index (Phi) is 5.53. The van der Waals surface area contributed by atoms with Crippen molar-refractivity contribution in [1.29, 1.82) is 0 Å². The van der Waals surface area contributed by atoms with Gasteiger partial charge in [-0.3, -0.25) is 0 Å². The molecule has 2 amide bonds. The van der Waals surface area contributed by atoms with Crippen molar-refractivity contribution in [3.63, 3.8) is 0 Å². The van der Waals surface area contributed by atoms with E-state index in [0.717, 1.165) is 5.56 Å². The van der Waals surface area contributed by atoms with Gasteiger partial charge in [-0.2, -0.15) is 17.9 Å². The largest absolute Gasteiger partial charge is 0.493 e. The van der Waals surface area contributed by atoms with Crippen LogP contribution in [-0.2, 0) is 4.79 Å². The van der Waals surface area contributed by atoms with E-state index in [9.17, 15) is 22.8 Å². The Morgan fingerprint density at radius 2 is 1.84 bits per heavy atom. The van der Waals surface area contributed by atoms with Crippen LogP contribution in [0.1, 0.15) is 5.56 Å². The minimum absolute atomic E-state index is 0.0407. The number of aromatic nitrogens is 3. The number of benzene rings is 2.